The summed E-state index contributed by atoms with van der Waals surface area (Å²) in [6.45, 7) is 3.57. The minimum Gasteiger partial charge on any atom is -0.393 e. The highest BCUT2D eigenvalue weighted by atomic mass is 16.3. The molecule has 0 saturated carbocycles. The maximum absolute atomic E-state index is 11.8. The Hall–Kier alpha value is -1.59. The van der Waals surface area contributed by atoms with Gasteiger partial charge in [-0.1, -0.05) is 6.07 Å². The van der Waals surface area contributed by atoms with Crippen LogP contribution in [0, 0.1) is 5.92 Å². The van der Waals surface area contributed by atoms with Crippen molar-refractivity contribution in [2.75, 3.05) is 29.9 Å². The number of carbonyl (C=O) groups excluding carboxylic acids is 1. The van der Waals surface area contributed by atoms with Crippen molar-refractivity contribution in [1.82, 2.24) is 0 Å². The number of carbonyl (C=O) groups is 1. The van der Waals surface area contributed by atoms with Crippen LogP contribution in [0.2, 0.25) is 0 Å². The molecule has 3 rings (SSSR count). The molecule has 0 radical (unpaired) electrons. The number of aliphatic hydroxyl groups is 2. The normalized spacial score (nSPS) is 27.1. The number of hydrogen-bond donors (Lipinski definition) is 2. The summed E-state index contributed by atoms with van der Waals surface area (Å²) in [6.07, 6.45) is -0.347. The molecule has 1 amide bonds. The van der Waals surface area contributed by atoms with Crippen molar-refractivity contribution in [3.05, 3.63) is 23.8 Å². The molecule has 2 N–H and O–H groups in total. The van der Waals surface area contributed by atoms with Crippen molar-refractivity contribution in [3.63, 3.8) is 0 Å². The van der Waals surface area contributed by atoms with Crippen molar-refractivity contribution >= 4 is 17.3 Å². The van der Waals surface area contributed by atoms with Crippen molar-refractivity contribution in [3.8, 4) is 0 Å². The lowest BCUT2D eigenvalue weighted by Gasteiger charge is -2.21. The van der Waals surface area contributed by atoms with Crippen LogP contribution in [0.5, 0.6) is 0 Å². The fraction of sp³-hybridized carbons (Fsp3) is 0.533. The quantitative estimate of drug-likeness (QED) is 0.842. The second-order valence-electron chi connectivity index (χ2n) is 5.78. The van der Waals surface area contributed by atoms with E-state index in [0.29, 0.717) is 11.5 Å². The molecule has 2 aliphatic heterocycles. The van der Waals surface area contributed by atoms with E-state index in [1.807, 2.05) is 25.1 Å². The van der Waals surface area contributed by atoms with Gasteiger partial charge < -0.3 is 20.0 Å². The van der Waals surface area contributed by atoms with Crippen LogP contribution in [0.25, 0.3) is 0 Å². The average Bonchev–Trinajstić information content (AvgIpc) is 3.00. The Balaban J connectivity index is 1.86. The van der Waals surface area contributed by atoms with E-state index in [1.165, 1.54) is 4.90 Å². The van der Waals surface area contributed by atoms with Gasteiger partial charge in [-0.3, -0.25) is 4.79 Å². The lowest BCUT2D eigenvalue weighted by Crippen LogP contribution is -2.25. The third-order valence-corrected chi connectivity index (χ3v) is 4.51. The van der Waals surface area contributed by atoms with E-state index in [4.69, 9.17) is 0 Å². The Bertz CT molecular complexity index is 544. The average molecular weight is 276 g/mol. The molecule has 0 aromatic heterocycles. The number of anilines is 2. The van der Waals surface area contributed by atoms with Crippen molar-refractivity contribution in [2.24, 2.45) is 5.92 Å². The maximum Gasteiger partial charge on any atom is 0.260 e. The zero-order valence-corrected chi connectivity index (χ0v) is 11.8. The second kappa shape index (κ2) is 4.75. The fourth-order valence-electron chi connectivity index (χ4n) is 3.10. The Morgan fingerprint density at radius 1 is 1.40 bits per heavy atom. The van der Waals surface area contributed by atoms with Gasteiger partial charge in [-0.05, 0) is 25.5 Å². The molecule has 2 heterocycles. The van der Waals surface area contributed by atoms with Gasteiger partial charge in [-0.2, -0.15) is 0 Å². The summed E-state index contributed by atoms with van der Waals surface area (Å²) in [6, 6.07) is 5.72. The van der Waals surface area contributed by atoms with Gasteiger partial charge in [0.1, 0.15) is 0 Å². The smallest absolute Gasteiger partial charge is 0.260 e. The Morgan fingerprint density at radius 3 is 2.80 bits per heavy atom. The van der Waals surface area contributed by atoms with Crippen LogP contribution in [-0.4, -0.2) is 42.4 Å². The van der Waals surface area contributed by atoms with E-state index in [-0.39, 0.29) is 12.0 Å². The monoisotopic (exact) mass is 276 g/mol. The summed E-state index contributed by atoms with van der Waals surface area (Å²) >= 11 is 0. The molecule has 1 saturated heterocycles. The van der Waals surface area contributed by atoms with Gasteiger partial charge in [0, 0.05) is 37.3 Å². The SMILES string of the molecule is CC(O)C1CCN(c2ccc3c(c2)N(C)C(=O)C3O)C1. The fourth-order valence-corrected chi connectivity index (χ4v) is 3.10. The summed E-state index contributed by atoms with van der Waals surface area (Å²) < 4.78 is 0. The van der Waals surface area contributed by atoms with Crippen LogP contribution in [0.1, 0.15) is 25.0 Å². The standard InChI is InChI=1S/C15H20N2O3/c1-9(18)10-5-6-17(8-10)11-3-4-12-13(7-11)16(2)15(20)14(12)19/h3-4,7,9-10,14,18-19H,5-6,8H2,1-2H3. The minimum atomic E-state index is -1.03. The molecule has 0 bridgehead atoms. The second-order valence-corrected chi connectivity index (χ2v) is 5.78. The topological polar surface area (TPSA) is 64.0 Å². The third kappa shape index (κ3) is 1.98. The highest BCUT2D eigenvalue weighted by molar-refractivity contribution is 6.03. The number of benzene rings is 1. The molecule has 5 nitrogen and oxygen atoms in total. The number of aliphatic hydroxyl groups excluding tert-OH is 2. The van der Waals surface area contributed by atoms with Gasteiger partial charge in [0.2, 0.25) is 0 Å². The maximum atomic E-state index is 11.8. The third-order valence-electron chi connectivity index (χ3n) is 4.51. The van der Waals surface area contributed by atoms with Crippen LogP contribution < -0.4 is 9.80 Å². The molecule has 108 valence electrons. The predicted molar refractivity (Wildman–Crippen MR) is 76.8 cm³/mol. The zero-order valence-electron chi connectivity index (χ0n) is 11.8. The molecule has 0 aliphatic carbocycles. The molecule has 20 heavy (non-hydrogen) atoms. The number of fused-ring (bicyclic) bond motifs is 1. The van der Waals surface area contributed by atoms with Crippen LogP contribution in [0.4, 0.5) is 11.4 Å². The van der Waals surface area contributed by atoms with Gasteiger partial charge >= 0.3 is 0 Å². The molecular weight excluding hydrogens is 256 g/mol. The van der Waals surface area contributed by atoms with E-state index in [2.05, 4.69) is 4.90 Å². The molecule has 0 spiro atoms. The Morgan fingerprint density at radius 2 is 2.15 bits per heavy atom. The molecule has 1 aromatic carbocycles. The van der Waals surface area contributed by atoms with Crippen LogP contribution in [0.3, 0.4) is 0 Å². The van der Waals surface area contributed by atoms with E-state index in [9.17, 15) is 15.0 Å². The Labute approximate surface area is 118 Å². The molecular formula is C15H20N2O3. The van der Waals surface area contributed by atoms with Gasteiger partial charge in [-0.25, -0.2) is 0 Å². The van der Waals surface area contributed by atoms with Crippen LogP contribution in [0.15, 0.2) is 18.2 Å². The van der Waals surface area contributed by atoms with E-state index >= 15 is 0 Å². The van der Waals surface area contributed by atoms with Gasteiger partial charge in [0.05, 0.1) is 11.8 Å². The lowest BCUT2D eigenvalue weighted by molar-refractivity contribution is -0.125. The first-order chi connectivity index (χ1) is 9.49. The molecule has 1 aromatic rings. The first kappa shape index (κ1) is 13.4. The van der Waals surface area contributed by atoms with Crippen molar-refractivity contribution in [1.29, 1.82) is 0 Å². The van der Waals surface area contributed by atoms with Crippen LogP contribution in [-0.2, 0) is 4.79 Å². The summed E-state index contributed by atoms with van der Waals surface area (Å²) in [7, 11) is 1.68. The van der Waals surface area contributed by atoms with E-state index in [0.717, 1.165) is 30.9 Å². The van der Waals surface area contributed by atoms with Crippen molar-refractivity contribution < 1.29 is 15.0 Å². The lowest BCUT2D eigenvalue weighted by atomic mass is 10.0. The zero-order chi connectivity index (χ0) is 14.4. The number of nitrogens with zero attached hydrogens (tertiary/aromatic N) is 2. The van der Waals surface area contributed by atoms with Gasteiger partial charge in [0.15, 0.2) is 6.10 Å². The largest absolute Gasteiger partial charge is 0.393 e. The first-order valence-electron chi connectivity index (χ1n) is 7.01. The number of hydrogen-bond acceptors (Lipinski definition) is 4. The summed E-state index contributed by atoms with van der Waals surface area (Å²) in [4.78, 5) is 15.5. The van der Waals surface area contributed by atoms with Crippen molar-refractivity contribution in [2.45, 2.75) is 25.6 Å². The molecule has 3 unspecified atom stereocenters. The van der Waals surface area contributed by atoms with E-state index in [1.54, 1.807) is 7.05 Å². The minimum absolute atomic E-state index is 0.277. The summed E-state index contributed by atoms with van der Waals surface area (Å²) in [5, 5.41) is 19.5. The summed E-state index contributed by atoms with van der Waals surface area (Å²) in [5.41, 5.74) is 2.49. The molecule has 5 heteroatoms. The van der Waals surface area contributed by atoms with Gasteiger partial charge in [-0.15, -0.1) is 0 Å². The molecule has 2 aliphatic rings. The number of rotatable bonds is 2. The summed E-state index contributed by atoms with van der Waals surface area (Å²) in [5.74, 6) is 0.0219. The highest BCUT2D eigenvalue weighted by Crippen LogP contribution is 2.38. The number of likely N-dealkylation sites (N-methyl/N-ethyl adjacent to an activating group) is 1. The first-order valence-corrected chi connectivity index (χ1v) is 7.01. The molecule has 1 fully saturated rings. The predicted octanol–water partition coefficient (Wildman–Crippen LogP) is 0.903. The highest BCUT2D eigenvalue weighted by Gasteiger charge is 2.34. The van der Waals surface area contributed by atoms with Crippen LogP contribution >= 0.6 is 0 Å². The number of amides is 1. The Kier molecular flexibility index (Phi) is 3.18. The molecule has 3 atom stereocenters. The van der Waals surface area contributed by atoms with Gasteiger partial charge in [0.25, 0.3) is 5.91 Å². The van der Waals surface area contributed by atoms with E-state index < -0.39 is 6.10 Å².